The summed E-state index contributed by atoms with van der Waals surface area (Å²) >= 11 is 0. The van der Waals surface area contributed by atoms with Gasteiger partial charge in [-0.25, -0.2) is 4.79 Å². The van der Waals surface area contributed by atoms with Crippen molar-refractivity contribution in [3.8, 4) is 11.5 Å². The van der Waals surface area contributed by atoms with Crippen LogP contribution in [0.15, 0.2) is 42.5 Å². The third kappa shape index (κ3) is 3.79. The maximum atomic E-state index is 11.5. The van der Waals surface area contributed by atoms with E-state index >= 15 is 0 Å². The third-order valence-electron chi connectivity index (χ3n) is 3.61. The fourth-order valence-electron chi connectivity index (χ4n) is 2.19. The van der Waals surface area contributed by atoms with Gasteiger partial charge < -0.3 is 14.6 Å². The zero-order chi connectivity index (χ0) is 16.1. The highest BCUT2D eigenvalue weighted by Crippen LogP contribution is 2.27. The van der Waals surface area contributed by atoms with Crippen molar-refractivity contribution in [2.75, 3.05) is 7.11 Å². The first-order valence-electron chi connectivity index (χ1n) is 7.10. The summed E-state index contributed by atoms with van der Waals surface area (Å²) in [5, 5.41) is 9.42. The van der Waals surface area contributed by atoms with Gasteiger partial charge in [-0.05, 0) is 42.7 Å². The van der Waals surface area contributed by atoms with Gasteiger partial charge in [0.25, 0.3) is 0 Å². The number of aryl methyl sites for hydroxylation is 2. The molecule has 0 saturated heterocycles. The number of carboxylic acids is 1. The minimum atomic E-state index is -0.996. The number of carbonyl (C=O) groups is 1. The molecular weight excluding hydrogens is 280 g/mol. The summed E-state index contributed by atoms with van der Waals surface area (Å²) in [6.45, 7) is 4.04. The SMILES string of the molecule is COc1ccccc1O[C@@H](Cc1ccc(C)c(C)c1)C(=O)O. The lowest BCUT2D eigenvalue weighted by Gasteiger charge is -2.17. The molecule has 0 aliphatic rings. The smallest absolute Gasteiger partial charge is 0.345 e. The van der Waals surface area contributed by atoms with Crippen molar-refractivity contribution in [1.82, 2.24) is 0 Å². The van der Waals surface area contributed by atoms with Crippen molar-refractivity contribution in [1.29, 1.82) is 0 Å². The van der Waals surface area contributed by atoms with Crippen molar-refractivity contribution in [3.63, 3.8) is 0 Å². The van der Waals surface area contributed by atoms with Crippen molar-refractivity contribution in [3.05, 3.63) is 59.2 Å². The molecule has 0 amide bonds. The Morgan fingerprint density at radius 3 is 2.36 bits per heavy atom. The Balaban J connectivity index is 2.20. The van der Waals surface area contributed by atoms with E-state index in [1.54, 1.807) is 18.2 Å². The van der Waals surface area contributed by atoms with Crippen LogP contribution in [-0.2, 0) is 11.2 Å². The summed E-state index contributed by atoms with van der Waals surface area (Å²) in [5.41, 5.74) is 3.26. The number of aliphatic carboxylic acids is 1. The number of benzene rings is 2. The van der Waals surface area contributed by atoms with Crippen molar-refractivity contribution >= 4 is 5.97 Å². The minimum Gasteiger partial charge on any atom is -0.493 e. The van der Waals surface area contributed by atoms with Crippen LogP contribution < -0.4 is 9.47 Å². The molecule has 0 saturated carbocycles. The topological polar surface area (TPSA) is 55.8 Å². The molecule has 0 fully saturated rings. The Morgan fingerprint density at radius 1 is 1.09 bits per heavy atom. The Hall–Kier alpha value is -2.49. The van der Waals surface area contributed by atoms with Gasteiger partial charge in [-0.3, -0.25) is 0 Å². The highest BCUT2D eigenvalue weighted by atomic mass is 16.5. The first-order valence-corrected chi connectivity index (χ1v) is 7.10. The van der Waals surface area contributed by atoms with Crippen LogP contribution in [0.4, 0.5) is 0 Å². The second-order valence-electron chi connectivity index (χ2n) is 5.22. The van der Waals surface area contributed by atoms with Crippen LogP contribution in [0.5, 0.6) is 11.5 Å². The molecule has 0 aromatic heterocycles. The molecule has 0 radical (unpaired) electrons. The number of carboxylic acid groups (broad SMARTS) is 1. The highest BCUT2D eigenvalue weighted by Gasteiger charge is 2.21. The van der Waals surface area contributed by atoms with Gasteiger partial charge in [0.1, 0.15) is 0 Å². The van der Waals surface area contributed by atoms with Crippen molar-refractivity contribution in [2.24, 2.45) is 0 Å². The monoisotopic (exact) mass is 300 g/mol. The Morgan fingerprint density at radius 2 is 1.77 bits per heavy atom. The lowest BCUT2D eigenvalue weighted by Crippen LogP contribution is -2.29. The van der Waals surface area contributed by atoms with E-state index in [4.69, 9.17) is 9.47 Å². The van der Waals surface area contributed by atoms with Gasteiger partial charge in [-0.2, -0.15) is 0 Å². The molecule has 0 heterocycles. The Labute approximate surface area is 130 Å². The summed E-state index contributed by atoms with van der Waals surface area (Å²) in [7, 11) is 1.53. The van der Waals surface area contributed by atoms with Crippen LogP contribution >= 0.6 is 0 Å². The molecular formula is C18H20O4. The van der Waals surface area contributed by atoms with E-state index < -0.39 is 12.1 Å². The molecule has 2 aromatic rings. The second-order valence-corrected chi connectivity index (χ2v) is 5.22. The first kappa shape index (κ1) is 15.9. The molecule has 1 N–H and O–H groups in total. The van der Waals surface area contributed by atoms with E-state index in [1.807, 2.05) is 38.1 Å². The number of para-hydroxylation sites is 2. The molecule has 4 heteroatoms. The number of rotatable bonds is 6. The maximum absolute atomic E-state index is 11.5. The van der Waals surface area contributed by atoms with Gasteiger partial charge in [-0.1, -0.05) is 30.3 Å². The van der Waals surface area contributed by atoms with E-state index in [1.165, 1.54) is 12.7 Å². The average molecular weight is 300 g/mol. The minimum absolute atomic E-state index is 0.300. The van der Waals surface area contributed by atoms with E-state index in [0.717, 1.165) is 11.1 Å². The van der Waals surface area contributed by atoms with E-state index in [2.05, 4.69) is 0 Å². The molecule has 2 aromatic carbocycles. The number of methoxy groups -OCH3 is 1. The first-order chi connectivity index (χ1) is 10.5. The van der Waals surface area contributed by atoms with Crippen LogP contribution in [0, 0.1) is 13.8 Å². The number of ether oxygens (including phenoxy) is 2. The predicted molar refractivity (Wildman–Crippen MR) is 84.7 cm³/mol. The lowest BCUT2D eigenvalue weighted by atomic mass is 10.0. The summed E-state index contributed by atoms with van der Waals surface area (Å²) in [4.78, 5) is 11.5. The summed E-state index contributed by atoms with van der Waals surface area (Å²) in [6.07, 6.45) is -0.660. The van der Waals surface area contributed by atoms with Crippen molar-refractivity contribution < 1.29 is 19.4 Å². The van der Waals surface area contributed by atoms with Crippen LogP contribution in [0.2, 0.25) is 0 Å². The Kier molecular flexibility index (Phi) is 5.04. The number of hydrogen-bond acceptors (Lipinski definition) is 3. The van der Waals surface area contributed by atoms with Gasteiger partial charge in [0.05, 0.1) is 7.11 Å². The van der Waals surface area contributed by atoms with E-state index in [-0.39, 0.29) is 0 Å². The van der Waals surface area contributed by atoms with E-state index in [9.17, 15) is 9.90 Å². The maximum Gasteiger partial charge on any atom is 0.345 e. The summed E-state index contributed by atoms with van der Waals surface area (Å²) < 4.78 is 10.8. The zero-order valence-corrected chi connectivity index (χ0v) is 13.0. The van der Waals surface area contributed by atoms with Crippen LogP contribution in [0.3, 0.4) is 0 Å². The van der Waals surface area contributed by atoms with Gasteiger partial charge in [0.2, 0.25) is 0 Å². The molecule has 0 unspecified atom stereocenters. The fraction of sp³-hybridized carbons (Fsp3) is 0.278. The normalized spacial score (nSPS) is 11.8. The van der Waals surface area contributed by atoms with Gasteiger partial charge in [-0.15, -0.1) is 0 Å². The molecule has 1 atom stereocenters. The molecule has 0 spiro atoms. The standard InChI is InChI=1S/C18H20O4/c1-12-8-9-14(10-13(12)2)11-17(18(19)20)22-16-7-5-4-6-15(16)21-3/h4-10,17H,11H2,1-3H3,(H,19,20)/t17-/m0/s1. The predicted octanol–water partition coefficient (Wildman–Crippen LogP) is 3.39. The molecule has 22 heavy (non-hydrogen) atoms. The highest BCUT2D eigenvalue weighted by molar-refractivity contribution is 5.73. The molecule has 4 nitrogen and oxygen atoms in total. The van der Waals surface area contributed by atoms with Crippen LogP contribution in [0.25, 0.3) is 0 Å². The third-order valence-corrected chi connectivity index (χ3v) is 3.61. The summed E-state index contributed by atoms with van der Waals surface area (Å²) in [5.74, 6) is -0.0424. The van der Waals surface area contributed by atoms with Gasteiger partial charge in [0.15, 0.2) is 17.6 Å². The lowest BCUT2D eigenvalue weighted by molar-refractivity contribution is -0.145. The average Bonchev–Trinajstić information content (AvgIpc) is 2.50. The van der Waals surface area contributed by atoms with Crippen LogP contribution in [-0.4, -0.2) is 24.3 Å². The van der Waals surface area contributed by atoms with Crippen molar-refractivity contribution in [2.45, 2.75) is 26.4 Å². The summed E-state index contributed by atoms with van der Waals surface area (Å²) in [6, 6.07) is 13.0. The largest absolute Gasteiger partial charge is 0.493 e. The van der Waals surface area contributed by atoms with Gasteiger partial charge in [0, 0.05) is 6.42 Å². The molecule has 0 bridgehead atoms. The number of hydrogen-bond donors (Lipinski definition) is 1. The molecule has 0 aliphatic heterocycles. The quantitative estimate of drug-likeness (QED) is 0.888. The Bertz CT molecular complexity index is 664. The molecule has 2 rings (SSSR count). The zero-order valence-electron chi connectivity index (χ0n) is 13.0. The molecule has 0 aliphatic carbocycles. The van der Waals surface area contributed by atoms with E-state index in [0.29, 0.717) is 17.9 Å². The molecule has 116 valence electrons. The second kappa shape index (κ2) is 6.98. The van der Waals surface area contributed by atoms with Crippen LogP contribution in [0.1, 0.15) is 16.7 Å². The fourth-order valence-corrected chi connectivity index (χ4v) is 2.19. The van der Waals surface area contributed by atoms with Gasteiger partial charge >= 0.3 is 5.97 Å².